The van der Waals surface area contributed by atoms with E-state index in [0.29, 0.717) is 11.3 Å². The van der Waals surface area contributed by atoms with E-state index >= 15 is 0 Å². The van der Waals surface area contributed by atoms with Gasteiger partial charge in [0.2, 0.25) is 0 Å². The molecule has 1 N–H and O–H groups in total. The van der Waals surface area contributed by atoms with Gasteiger partial charge in [-0.05, 0) is 18.2 Å². The molecule has 1 aliphatic rings. The zero-order valence-electron chi connectivity index (χ0n) is 8.46. The topological polar surface area (TPSA) is 72.2 Å². The molecule has 0 fully saturated rings. The van der Waals surface area contributed by atoms with E-state index < -0.39 is 5.82 Å². The molecule has 0 saturated heterocycles. The lowest BCUT2D eigenvalue weighted by Gasteiger charge is -1.97. The summed E-state index contributed by atoms with van der Waals surface area (Å²) in [5.41, 5.74) is 1.12. The zero-order chi connectivity index (χ0) is 11.8. The zero-order valence-corrected chi connectivity index (χ0v) is 8.46. The van der Waals surface area contributed by atoms with Gasteiger partial charge in [0, 0.05) is 5.56 Å². The van der Waals surface area contributed by atoms with Gasteiger partial charge >= 0.3 is 0 Å². The van der Waals surface area contributed by atoms with E-state index in [9.17, 15) is 9.18 Å². The van der Waals surface area contributed by atoms with Crippen LogP contribution in [0.25, 0.3) is 0 Å². The van der Waals surface area contributed by atoms with Crippen LogP contribution in [0.4, 0.5) is 10.1 Å². The average Bonchev–Trinajstić information content (AvgIpc) is 2.90. The maximum Gasteiger partial charge on any atom is 0.276 e. The number of benzene rings is 1. The third-order valence-electron chi connectivity index (χ3n) is 2.32. The van der Waals surface area contributed by atoms with Crippen molar-refractivity contribution < 1.29 is 9.18 Å². The van der Waals surface area contributed by atoms with Crippen LogP contribution in [-0.2, 0) is 4.79 Å². The molecule has 1 aromatic carbocycles. The fraction of sp³-hybridized carbons (Fsp3) is 0. The first-order valence-corrected chi connectivity index (χ1v) is 4.79. The van der Waals surface area contributed by atoms with Crippen molar-refractivity contribution >= 4 is 17.3 Å². The maximum absolute atomic E-state index is 13.1. The van der Waals surface area contributed by atoms with Gasteiger partial charge in [-0.15, -0.1) is 10.2 Å². The Balaban J connectivity index is 2.13. The molecule has 0 saturated carbocycles. The lowest BCUT2D eigenvalue weighted by molar-refractivity contribution is -0.110. The van der Waals surface area contributed by atoms with Gasteiger partial charge in [-0.25, -0.2) is 9.07 Å². The smallest absolute Gasteiger partial charge is 0.276 e. The van der Waals surface area contributed by atoms with Gasteiger partial charge < -0.3 is 5.32 Å². The Morgan fingerprint density at radius 2 is 2.06 bits per heavy atom. The highest BCUT2D eigenvalue weighted by molar-refractivity contribution is 6.53. The second-order valence-electron chi connectivity index (χ2n) is 3.43. The number of fused-ring (bicyclic) bond motifs is 1. The highest BCUT2D eigenvalue weighted by atomic mass is 19.1. The molecule has 1 amide bonds. The van der Waals surface area contributed by atoms with Crippen molar-refractivity contribution in [1.29, 1.82) is 0 Å². The van der Waals surface area contributed by atoms with E-state index in [0.717, 1.165) is 0 Å². The summed E-state index contributed by atoms with van der Waals surface area (Å²) in [6, 6.07) is 4.04. The molecule has 0 spiro atoms. The number of nitrogens with one attached hydrogen (secondary N) is 1. The first kappa shape index (κ1) is 9.64. The minimum Gasteiger partial charge on any atom is -0.320 e. The second-order valence-corrected chi connectivity index (χ2v) is 3.43. The number of anilines is 1. The Morgan fingerprint density at radius 1 is 1.29 bits per heavy atom. The molecule has 17 heavy (non-hydrogen) atoms. The van der Waals surface area contributed by atoms with Crippen molar-refractivity contribution in [2.45, 2.75) is 0 Å². The van der Waals surface area contributed by atoms with Crippen LogP contribution in [0.5, 0.6) is 0 Å². The molecule has 2 heterocycles. The maximum atomic E-state index is 13.1. The molecule has 0 aliphatic carbocycles. The van der Waals surface area contributed by atoms with Gasteiger partial charge in [0.25, 0.3) is 5.91 Å². The first-order valence-electron chi connectivity index (χ1n) is 4.79. The highest BCUT2D eigenvalue weighted by Gasteiger charge is 2.26. The lowest BCUT2D eigenvalue weighted by atomic mass is 10.1. The largest absolute Gasteiger partial charge is 0.320 e. The first-order chi connectivity index (χ1) is 8.24. The summed E-state index contributed by atoms with van der Waals surface area (Å²) in [7, 11) is 0. The number of aromatic nitrogens is 3. The van der Waals surface area contributed by atoms with Crippen LogP contribution in [-0.4, -0.2) is 26.5 Å². The molecular weight excluding hydrogens is 225 g/mol. The van der Waals surface area contributed by atoms with Gasteiger partial charge in [0.1, 0.15) is 18.5 Å². The number of nitrogens with zero attached hydrogens (tertiary/aromatic N) is 4. The molecule has 0 bridgehead atoms. The van der Waals surface area contributed by atoms with Crippen LogP contribution in [0.3, 0.4) is 0 Å². The molecule has 0 radical (unpaired) electrons. The number of carbonyl (C=O) groups excluding carboxylic acids is 1. The van der Waals surface area contributed by atoms with E-state index in [2.05, 4.69) is 20.6 Å². The van der Waals surface area contributed by atoms with Gasteiger partial charge in [-0.1, -0.05) is 0 Å². The second kappa shape index (κ2) is 3.48. The van der Waals surface area contributed by atoms with Crippen molar-refractivity contribution in [2.75, 3.05) is 5.32 Å². The molecular formula is C10H6FN5O. The summed E-state index contributed by atoms with van der Waals surface area (Å²) in [6.45, 7) is 0. The minimum absolute atomic E-state index is 0.138. The van der Waals surface area contributed by atoms with E-state index in [1.807, 2.05) is 0 Å². The number of hydrogen-bond acceptors (Lipinski definition) is 4. The highest BCUT2D eigenvalue weighted by Crippen LogP contribution is 2.24. The Bertz CT molecular complexity index is 620. The number of hydrogen-bond donors (Lipinski definition) is 1. The van der Waals surface area contributed by atoms with Crippen LogP contribution in [0.15, 0.2) is 36.0 Å². The molecule has 84 valence electrons. The van der Waals surface area contributed by atoms with E-state index in [1.165, 1.54) is 35.5 Å². The molecule has 1 aliphatic heterocycles. The summed E-state index contributed by atoms with van der Waals surface area (Å²) in [6.07, 6.45) is 2.69. The summed E-state index contributed by atoms with van der Waals surface area (Å²) in [5.74, 6) is -0.795. The van der Waals surface area contributed by atoms with E-state index in [1.54, 1.807) is 0 Å². The Morgan fingerprint density at radius 3 is 2.82 bits per heavy atom. The quantitative estimate of drug-likeness (QED) is 0.782. The van der Waals surface area contributed by atoms with Crippen molar-refractivity contribution in [2.24, 2.45) is 5.10 Å². The molecule has 0 unspecified atom stereocenters. The van der Waals surface area contributed by atoms with Crippen molar-refractivity contribution in [1.82, 2.24) is 14.9 Å². The van der Waals surface area contributed by atoms with Crippen LogP contribution < -0.4 is 5.32 Å². The van der Waals surface area contributed by atoms with Crippen LogP contribution in [0.1, 0.15) is 5.56 Å². The molecule has 1 aromatic heterocycles. The van der Waals surface area contributed by atoms with Crippen molar-refractivity contribution in [3.05, 3.63) is 42.2 Å². The van der Waals surface area contributed by atoms with Crippen molar-refractivity contribution in [3.63, 3.8) is 0 Å². The molecule has 0 atom stereocenters. The van der Waals surface area contributed by atoms with Crippen molar-refractivity contribution in [3.8, 4) is 0 Å². The minimum atomic E-state index is -0.420. The molecule has 2 aromatic rings. The lowest BCUT2D eigenvalue weighted by Crippen LogP contribution is -2.15. The summed E-state index contributed by atoms with van der Waals surface area (Å²) in [5, 5.41) is 13.7. The number of halogens is 1. The average molecular weight is 231 g/mol. The predicted molar refractivity (Wildman–Crippen MR) is 57.0 cm³/mol. The monoisotopic (exact) mass is 231 g/mol. The van der Waals surface area contributed by atoms with Gasteiger partial charge in [0.05, 0.1) is 5.69 Å². The van der Waals surface area contributed by atoms with Crippen LogP contribution in [0, 0.1) is 5.82 Å². The summed E-state index contributed by atoms with van der Waals surface area (Å²) >= 11 is 0. The fourth-order valence-electron chi connectivity index (χ4n) is 1.59. The normalized spacial score (nSPS) is 16.1. The van der Waals surface area contributed by atoms with E-state index in [-0.39, 0.29) is 11.6 Å². The predicted octanol–water partition coefficient (Wildman–Crippen LogP) is 0.622. The van der Waals surface area contributed by atoms with Crippen LogP contribution in [0.2, 0.25) is 0 Å². The summed E-state index contributed by atoms with van der Waals surface area (Å²) < 4.78 is 14.4. The molecule has 3 rings (SSSR count). The standard InChI is InChI=1S/C10H6FN5O/c11-6-1-2-8-7(3-6)9(10(17)14-8)15-16-4-12-13-5-16/h1-5H,(H,14,15,17). The summed E-state index contributed by atoms with van der Waals surface area (Å²) in [4.78, 5) is 11.7. The van der Waals surface area contributed by atoms with Gasteiger partial charge in [0.15, 0.2) is 5.71 Å². The van der Waals surface area contributed by atoms with Gasteiger partial charge in [-0.3, -0.25) is 4.79 Å². The third kappa shape index (κ3) is 1.57. The Labute approximate surface area is 94.8 Å². The van der Waals surface area contributed by atoms with E-state index in [4.69, 9.17) is 0 Å². The van der Waals surface area contributed by atoms with Gasteiger partial charge in [-0.2, -0.15) is 5.10 Å². The van der Waals surface area contributed by atoms with Crippen LogP contribution >= 0.6 is 0 Å². The number of carbonyl (C=O) groups is 1. The molecule has 7 heteroatoms. The number of rotatable bonds is 1. The molecule has 6 nitrogen and oxygen atoms in total. The SMILES string of the molecule is O=C1Nc2ccc(F)cc2/C1=N/n1cnnc1. The third-order valence-corrected chi connectivity index (χ3v) is 2.32. The number of amides is 1. The Kier molecular flexibility index (Phi) is 1.97. The fourth-order valence-corrected chi connectivity index (χ4v) is 1.59. The Hall–Kier alpha value is -2.57.